The second-order valence-electron chi connectivity index (χ2n) is 4.72. The lowest BCUT2D eigenvalue weighted by molar-refractivity contribution is -0.00461. The average molecular weight is 301 g/mol. The van der Waals surface area contributed by atoms with E-state index >= 15 is 0 Å². The number of nitrogen functional groups attached to an aromatic ring is 1. The lowest BCUT2D eigenvalue weighted by Crippen LogP contribution is -2.30. The molecular weight excluding hydrogens is 284 g/mol. The van der Waals surface area contributed by atoms with E-state index in [2.05, 4.69) is 0 Å². The molecule has 1 amide bonds. The Morgan fingerprint density at radius 1 is 1.24 bits per heavy atom. The minimum atomic E-state index is -0.924. The first-order chi connectivity index (χ1) is 10.0. The minimum absolute atomic E-state index is 0.0874. The summed E-state index contributed by atoms with van der Waals surface area (Å²) in [6.45, 7) is 0.599. The van der Waals surface area contributed by atoms with Crippen molar-refractivity contribution in [3.8, 4) is 0 Å². The number of methoxy groups -OCH3 is 2. The maximum absolute atomic E-state index is 13.6. The molecule has 21 heavy (non-hydrogen) atoms. The molecule has 2 rings (SSSR count). The second-order valence-corrected chi connectivity index (χ2v) is 4.72. The normalized spacial score (nSPS) is 21.7. The maximum atomic E-state index is 13.6. The summed E-state index contributed by atoms with van der Waals surface area (Å²) in [5.74, 6) is 2.68. The molecular formula is C13H17F2N3O3. The van der Waals surface area contributed by atoms with Crippen LogP contribution in [0.15, 0.2) is 12.1 Å². The molecule has 1 fully saturated rings. The van der Waals surface area contributed by atoms with Crippen molar-refractivity contribution in [1.29, 1.82) is 0 Å². The van der Waals surface area contributed by atoms with Crippen LogP contribution >= 0.6 is 0 Å². The second kappa shape index (κ2) is 6.33. The van der Waals surface area contributed by atoms with Crippen molar-refractivity contribution in [2.24, 2.45) is 5.84 Å². The number of nitrogens with two attached hydrogens (primary N) is 1. The zero-order valence-corrected chi connectivity index (χ0v) is 11.7. The van der Waals surface area contributed by atoms with E-state index < -0.39 is 23.2 Å². The molecule has 1 heterocycles. The molecule has 0 spiro atoms. The molecule has 1 aromatic rings. The molecule has 1 aliphatic heterocycles. The predicted octanol–water partition coefficient (Wildman–Crippen LogP) is 0.736. The zero-order valence-electron chi connectivity index (χ0n) is 11.7. The Bertz CT molecular complexity index is 506. The number of carbonyl (C=O) groups excluding carboxylic acids is 1. The van der Waals surface area contributed by atoms with Crippen LogP contribution in [0, 0.1) is 11.6 Å². The van der Waals surface area contributed by atoms with Gasteiger partial charge in [-0.15, -0.1) is 0 Å². The quantitative estimate of drug-likeness (QED) is 0.633. The van der Waals surface area contributed by atoms with Crippen molar-refractivity contribution in [2.75, 3.05) is 32.7 Å². The Balaban J connectivity index is 2.21. The van der Waals surface area contributed by atoms with Crippen LogP contribution in [-0.2, 0) is 9.47 Å². The van der Waals surface area contributed by atoms with E-state index in [9.17, 15) is 13.6 Å². The van der Waals surface area contributed by atoms with Gasteiger partial charge in [0.2, 0.25) is 0 Å². The van der Waals surface area contributed by atoms with Crippen LogP contribution in [0.4, 0.5) is 14.5 Å². The first-order valence-corrected chi connectivity index (χ1v) is 6.32. The highest BCUT2D eigenvalue weighted by Gasteiger charge is 2.36. The van der Waals surface area contributed by atoms with Gasteiger partial charge in [-0.25, -0.2) is 8.78 Å². The van der Waals surface area contributed by atoms with Crippen molar-refractivity contribution in [3.05, 3.63) is 29.3 Å². The van der Waals surface area contributed by atoms with E-state index in [0.717, 1.165) is 12.1 Å². The molecule has 0 radical (unpaired) electrons. The number of rotatable bonds is 4. The SMILES string of the molecule is COC1CN(C(=O)c2cc(F)c(NN)c(F)c2)CC1OC. The number of amides is 1. The van der Waals surface area contributed by atoms with E-state index in [1.54, 1.807) is 0 Å². The number of ether oxygens (including phenoxy) is 2. The van der Waals surface area contributed by atoms with Crippen LogP contribution in [0.1, 0.15) is 10.4 Å². The minimum Gasteiger partial charge on any atom is -0.377 e. The fraction of sp³-hybridized carbons (Fsp3) is 0.462. The van der Waals surface area contributed by atoms with E-state index in [1.165, 1.54) is 19.1 Å². The lowest BCUT2D eigenvalue weighted by Gasteiger charge is -2.16. The zero-order chi connectivity index (χ0) is 15.6. The van der Waals surface area contributed by atoms with Crippen molar-refractivity contribution in [1.82, 2.24) is 4.90 Å². The Kier molecular flexibility index (Phi) is 4.71. The smallest absolute Gasteiger partial charge is 0.254 e. The Morgan fingerprint density at radius 3 is 2.10 bits per heavy atom. The summed E-state index contributed by atoms with van der Waals surface area (Å²) in [5, 5.41) is 0. The maximum Gasteiger partial charge on any atom is 0.254 e. The molecule has 1 aliphatic rings. The van der Waals surface area contributed by atoms with Crippen LogP contribution in [0.5, 0.6) is 0 Å². The molecule has 116 valence electrons. The van der Waals surface area contributed by atoms with Gasteiger partial charge in [-0.05, 0) is 12.1 Å². The number of nitrogens with zero attached hydrogens (tertiary/aromatic N) is 1. The molecule has 6 nitrogen and oxygen atoms in total. The number of benzene rings is 1. The highest BCUT2D eigenvalue weighted by atomic mass is 19.1. The first kappa shape index (κ1) is 15.6. The summed E-state index contributed by atoms with van der Waals surface area (Å²) in [4.78, 5) is 13.7. The number of hydrogen-bond donors (Lipinski definition) is 2. The van der Waals surface area contributed by atoms with Gasteiger partial charge in [-0.1, -0.05) is 0 Å². The third kappa shape index (κ3) is 2.97. The standard InChI is InChI=1S/C13H17F2N3O3/c1-20-10-5-18(6-11(10)21-2)13(19)7-3-8(14)12(17-16)9(15)4-7/h3-4,10-11,17H,5-6,16H2,1-2H3. The Morgan fingerprint density at radius 2 is 1.71 bits per heavy atom. The topological polar surface area (TPSA) is 76.8 Å². The monoisotopic (exact) mass is 301 g/mol. The summed E-state index contributed by atoms with van der Waals surface area (Å²) in [7, 11) is 3.04. The van der Waals surface area contributed by atoms with Crippen molar-refractivity contribution in [3.63, 3.8) is 0 Å². The molecule has 1 aromatic carbocycles. The van der Waals surface area contributed by atoms with Gasteiger partial charge >= 0.3 is 0 Å². The van der Waals surface area contributed by atoms with Crippen LogP contribution in [0.25, 0.3) is 0 Å². The summed E-state index contributed by atoms with van der Waals surface area (Å²) in [6, 6.07) is 1.89. The number of nitrogens with one attached hydrogen (secondary N) is 1. The largest absolute Gasteiger partial charge is 0.377 e. The summed E-state index contributed by atoms with van der Waals surface area (Å²) < 4.78 is 37.7. The van der Waals surface area contributed by atoms with Gasteiger partial charge in [-0.3, -0.25) is 10.6 Å². The van der Waals surface area contributed by atoms with Crippen LogP contribution in [0.3, 0.4) is 0 Å². The molecule has 3 N–H and O–H groups in total. The highest BCUT2D eigenvalue weighted by molar-refractivity contribution is 5.95. The summed E-state index contributed by atoms with van der Waals surface area (Å²) in [6.07, 6.45) is -0.530. The fourth-order valence-corrected chi connectivity index (χ4v) is 2.38. The third-order valence-corrected chi connectivity index (χ3v) is 3.54. The molecule has 0 aliphatic carbocycles. The van der Waals surface area contributed by atoms with Crippen LogP contribution in [0.2, 0.25) is 0 Å². The van der Waals surface area contributed by atoms with E-state index in [4.69, 9.17) is 15.3 Å². The van der Waals surface area contributed by atoms with Gasteiger partial charge < -0.3 is 19.8 Å². The van der Waals surface area contributed by atoms with Gasteiger partial charge in [0.15, 0.2) is 11.6 Å². The van der Waals surface area contributed by atoms with E-state index in [-0.39, 0.29) is 17.8 Å². The Hall–Kier alpha value is -1.77. The Labute approximate surface area is 120 Å². The van der Waals surface area contributed by atoms with Crippen molar-refractivity contribution < 1.29 is 23.0 Å². The number of carbonyl (C=O) groups is 1. The molecule has 2 unspecified atom stereocenters. The van der Waals surface area contributed by atoms with Gasteiger partial charge in [-0.2, -0.15) is 0 Å². The molecule has 1 saturated heterocycles. The molecule has 2 atom stereocenters. The summed E-state index contributed by atoms with van der Waals surface area (Å²) >= 11 is 0. The van der Waals surface area contributed by atoms with Gasteiger partial charge in [0.05, 0.1) is 0 Å². The van der Waals surface area contributed by atoms with Gasteiger partial charge in [0.25, 0.3) is 5.91 Å². The molecule has 0 saturated carbocycles. The lowest BCUT2D eigenvalue weighted by atomic mass is 10.1. The van der Waals surface area contributed by atoms with E-state index in [1.807, 2.05) is 5.43 Å². The number of likely N-dealkylation sites (tertiary alicyclic amines) is 1. The van der Waals surface area contributed by atoms with Crippen LogP contribution in [-0.4, -0.2) is 50.3 Å². The number of anilines is 1. The van der Waals surface area contributed by atoms with E-state index in [0.29, 0.717) is 13.1 Å². The summed E-state index contributed by atoms with van der Waals surface area (Å²) in [5.41, 5.74) is 1.35. The van der Waals surface area contributed by atoms with Gasteiger partial charge in [0.1, 0.15) is 17.9 Å². The predicted molar refractivity (Wildman–Crippen MR) is 71.7 cm³/mol. The number of hydrazine groups is 1. The average Bonchev–Trinajstić information content (AvgIpc) is 2.89. The highest BCUT2D eigenvalue weighted by Crippen LogP contribution is 2.23. The van der Waals surface area contributed by atoms with Gasteiger partial charge in [0, 0.05) is 32.9 Å². The third-order valence-electron chi connectivity index (χ3n) is 3.54. The number of halogens is 2. The molecule has 0 aromatic heterocycles. The fourth-order valence-electron chi connectivity index (χ4n) is 2.38. The van der Waals surface area contributed by atoms with Crippen LogP contribution < -0.4 is 11.3 Å². The van der Waals surface area contributed by atoms with Crippen molar-refractivity contribution in [2.45, 2.75) is 12.2 Å². The molecule has 8 heteroatoms. The molecule has 0 bridgehead atoms. The van der Waals surface area contributed by atoms with Crippen molar-refractivity contribution >= 4 is 11.6 Å². The number of hydrogen-bond acceptors (Lipinski definition) is 5. The first-order valence-electron chi connectivity index (χ1n) is 6.32.